The van der Waals surface area contributed by atoms with E-state index in [1.54, 1.807) is 11.3 Å². The van der Waals surface area contributed by atoms with Crippen molar-refractivity contribution in [3.63, 3.8) is 0 Å². The van der Waals surface area contributed by atoms with E-state index in [4.69, 9.17) is 0 Å². The average Bonchev–Trinajstić information content (AvgIpc) is 3.26. The fourth-order valence-corrected chi connectivity index (χ4v) is 4.12. The zero-order valence-corrected chi connectivity index (χ0v) is 15.6. The molecule has 25 heavy (non-hydrogen) atoms. The molecule has 1 aliphatic rings. The van der Waals surface area contributed by atoms with Gasteiger partial charge in [0.25, 0.3) is 0 Å². The lowest BCUT2D eigenvalue weighted by atomic mass is 9.86. The number of hydrogen-bond donors (Lipinski definition) is 3. The largest absolute Gasteiger partial charge is 0.335 e. The molecule has 0 radical (unpaired) electrons. The highest BCUT2D eigenvalue weighted by molar-refractivity contribution is 7.99. The normalized spacial score (nSPS) is 20.2. The maximum absolute atomic E-state index is 11.9. The number of carbonyl (C=O) groups excluding carboxylic acids is 2. The molecule has 2 aromatic heterocycles. The van der Waals surface area contributed by atoms with Gasteiger partial charge in [0.2, 0.25) is 11.1 Å². The highest BCUT2D eigenvalue weighted by Gasteiger charge is 2.23. The summed E-state index contributed by atoms with van der Waals surface area (Å²) in [5.41, 5.74) is 0. The maximum atomic E-state index is 11.9. The molecular weight excluding hydrogens is 358 g/mol. The minimum Gasteiger partial charge on any atom is -0.335 e. The zero-order chi connectivity index (χ0) is 17.6. The second kappa shape index (κ2) is 8.48. The highest BCUT2D eigenvalue weighted by atomic mass is 32.2. The number of urea groups is 1. The Labute approximate surface area is 154 Å². The van der Waals surface area contributed by atoms with Crippen molar-refractivity contribution in [2.75, 3.05) is 5.75 Å². The molecule has 2 aromatic rings. The van der Waals surface area contributed by atoms with Gasteiger partial charge in [0.15, 0.2) is 5.82 Å². The van der Waals surface area contributed by atoms with Crippen molar-refractivity contribution in [1.82, 2.24) is 25.8 Å². The van der Waals surface area contributed by atoms with Gasteiger partial charge in [0.05, 0.1) is 10.6 Å². The van der Waals surface area contributed by atoms with E-state index >= 15 is 0 Å². The standard InChI is InChI=1S/C16H21N5O2S2/c1-10-5-2-3-6-11(10)17-15(23)18-13(22)9-25-16-19-14(20-21-16)12-7-4-8-24-12/h4,7-8,10-11H,2-3,5-6,9H2,1H3,(H,19,20,21)(H2,17,18,22,23). The van der Waals surface area contributed by atoms with Crippen LogP contribution in [-0.4, -0.2) is 38.9 Å². The van der Waals surface area contributed by atoms with Gasteiger partial charge in [-0.3, -0.25) is 15.2 Å². The molecule has 1 saturated carbocycles. The quantitative estimate of drug-likeness (QED) is 0.694. The summed E-state index contributed by atoms with van der Waals surface area (Å²) in [6, 6.07) is 3.62. The second-order valence-electron chi connectivity index (χ2n) is 6.12. The third-order valence-electron chi connectivity index (χ3n) is 4.23. The summed E-state index contributed by atoms with van der Waals surface area (Å²) >= 11 is 2.76. The van der Waals surface area contributed by atoms with Crippen LogP contribution in [0.3, 0.4) is 0 Å². The summed E-state index contributed by atoms with van der Waals surface area (Å²) in [5.74, 6) is 0.873. The summed E-state index contributed by atoms with van der Waals surface area (Å²) in [5, 5.41) is 14.7. The van der Waals surface area contributed by atoms with Crippen LogP contribution in [0.25, 0.3) is 10.7 Å². The molecule has 0 saturated heterocycles. The molecule has 3 rings (SSSR count). The smallest absolute Gasteiger partial charge is 0.321 e. The van der Waals surface area contributed by atoms with Crippen LogP contribution < -0.4 is 10.6 Å². The molecule has 1 fully saturated rings. The number of rotatable bonds is 5. The molecule has 3 amide bonds. The van der Waals surface area contributed by atoms with Gasteiger partial charge in [0, 0.05) is 6.04 Å². The number of aromatic nitrogens is 3. The fourth-order valence-electron chi connectivity index (χ4n) is 2.86. The molecule has 0 aliphatic heterocycles. The average molecular weight is 380 g/mol. The zero-order valence-electron chi connectivity index (χ0n) is 13.9. The van der Waals surface area contributed by atoms with Crippen molar-refractivity contribution >= 4 is 35.0 Å². The van der Waals surface area contributed by atoms with Crippen LogP contribution >= 0.6 is 23.1 Å². The third kappa shape index (κ3) is 5.05. The number of amides is 3. The number of H-pyrrole nitrogens is 1. The van der Waals surface area contributed by atoms with Crippen LogP contribution in [-0.2, 0) is 4.79 Å². The molecule has 7 nitrogen and oxygen atoms in total. The summed E-state index contributed by atoms with van der Waals surface area (Å²) in [6.45, 7) is 2.14. The van der Waals surface area contributed by atoms with Gasteiger partial charge in [-0.2, -0.15) is 0 Å². The van der Waals surface area contributed by atoms with Gasteiger partial charge in [-0.05, 0) is 30.2 Å². The maximum Gasteiger partial charge on any atom is 0.321 e. The van der Waals surface area contributed by atoms with Crippen molar-refractivity contribution in [2.45, 2.75) is 43.8 Å². The Hall–Kier alpha value is -1.87. The Balaban J connectivity index is 1.42. The van der Waals surface area contributed by atoms with E-state index in [0.717, 1.165) is 24.1 Å². The number of hydrogen-bond acceptors (Lipinski definition) is 6. The summed E-state index contributed by atoms with van der Waals surface area (Å²) in [4.78, 5) is 29.2. The van der Waals surface area contributed by atoms with Gasteiger partial charge in [0.1, 0.15) is 0 Å². The lowest BCUT2D eigenvalue weighted by Gasteiger charge is -2.29. The van der Waals surface area contributed by atoms with Gasteiger partial charge in [-0.25, -0.2) is 9.78 Å². The first-order chi connectivity index (χ1) is 12.1. The van der Waals surface area contributed by atoms with Crippen LogP contribution in [0.5, 0.6) is 0 Å². The Kier molecular flexibility index (Phi) is 6.09. The molecule has 2 unspecified atom stereocenters. The SMILES string of the molecule is CC1CCCCC1NC(=O)NC(=O)CSc1n[nH]c(-c2cccs2)n1. The van der Waals surface area contributed by atoms with Crippen molar-refractivity contribution in [3.8, 4) is 10.7 Å². The summed E-state index contributed by atoms with van der Waals surface area (Å²) < 4.78 is 0. The molecule has 0 bridgehead atoms. The highest BCUT2D eigenvalue weighted by Crippen LogP contribution is 2.24. The van der Waals surface area contributed by atoms with Crippen molar-refractivity contribution in [1.29, 1.82) is 0 Å². The Morgan fingerprint density at radius 2 is 2.24 bits per heavy atom. The Bertz CT molecular complexity index is 716. The fraction of sp³-hybridized carbons (Fsp3) is 0.500. The predicted molar refractivity (Wildman–Crippen MR) is 98.5 cm³/mol. The molecule has 1 aliphatic carbocycles. The molecular formula is C16H21N5O2S2. The molecule has 2 atom stereocenters. The van der Waals surface area contributed by atoms with Crippen LogP contribution in [0.4, 0.5) is 4.79 Å². The molecule has 0 spiro atoms. The molecule has 134 valence electrons. The third-order valence-corrected chi connectivity index (χ3v) is 5.96. The van der Waals surface area contributed by atoms with Crippen LogP contribution in [0.1, 0.15) is 32.6 Å². The first-order valence-corrected chi connectivity index (χ1v) is 10.2. The second-order valence-corrected chi connectivity index (χ2v) is 8.01. The molecule has 2 heterocycles. The predicted octanol–water partition coefficient (Wildman–Crippen LogP) is 3.03. The molecule has 9 heteroatoms. The van der Waals surface area contributed by atoms with Crippen molar-refractivity contribution in [2.24, 2.45) is 5.92 Å². The monoisotopic (exact) mass is 379 g/mol. The number of nitrogens with one attached hydrogen (secondary N) is 3. The van der Waals surface area contributed by atoms with E-state index in [9.17, 15) is 9.59 Å². The Morgan fingerprint density at radius 3 is 3.00 bits per heavy atom. The van der Waals surface area contributed by atoms with E-state index in [-0.39, 0.29) is 17.7 Å². The van der Waals surface area contributed by atoms with Crippen molar-refractivity contribution in [3.05, 3.63) is 17.5 Å². The van der Waals surface area contributed by atoms with E-state index < -0.39 is 6.03 Å². The van der Waals surface area contributed by atoms with Crippen LogP contribution in [0.15, 0.2) is 22.7 Å². The van der Waals surface area contributed by atoms with E-state index in [1.165, 1.54) is 18.2 Å². The first kappa shape index (κ1) is 17.9. The van der Waals surface area contributed by atoms with Gasteiger partial charge >= 0.3 is 6.03 Å². The lowest BCUT2D eigenvalue weighted by Crippen LogP contribution is -2.48. The number of thioether (sulfide) groups is 1. The van der Waals surface area contributed by atoms with Crippen LogP contribution in [0, 0.1) is 5.92 Å². The number of thiophene rings is 1. The van der Waals surface area contributed by atoms with Gasteiger partial charge in [-0.1, -0.05) is 37.6 Å². The number of aromatic amines is 1. The minimum absolute atomic E-state index is 0.0926. The summed E-state index contributed by atoms with van der Waals surface area (Å²) in [7, 11) is 0. The number of nitrogens with zero attached hydrogens (tertiary/aromatic N) is 2. The van der Waals surface area contributed by atoms with E-state index in [1.807, 2.05) is 17.5 Å². The summed E-state index contributed by atoms with van der Waals surface area (Å²) in [6.07, 6.45) is 4.42. The first-order valence-electron chi connectivity index (χ1n) is 8.31. The molecule has 3 N–H and O–H groups in total. The van der Waals surface area contributed by atoms with Gasteiger partial charge < -0.3 is 5.32 Å². The Morgan fingerprint density at radius 1 is 1.40 bits per heavy atom. The molecule has 0 aromatic carbocycles. The minimum atomic E-state index is -0.418. The van der Waals surface area contributed by atoms with E-state index in [0.29, 0.717) is 16.9 Å². The number of carbonyl (C=O) groups is 2. The number of imide groups is 1. The topological polar surface area (TPSA) is 99.8 Å². The van der Waals surface area contributed by atoms with Crippen molar-refractivity contribution < 1.29 is 9.59 Å². The van der Waals surface area contributed by atoms with E-state index in [2.05, 4.69) is 32.7 Å². The van der Waals surface area contributed by atoms with Crippen LogP contribution in [0.2, 0.25) is 0 Å². The van der Waals surface area contributed by atoms with Gasteiger partial charge in [-0.15, -0.1) is 16.4 Å². The lowest BCUT2D eigenvalue weighted by molar-refractivity contribution is -0.117.